The van der Waals surface area contributed by atoms with Gasteiger partial charge < -0.3 is 14.8 Å². The van der Waals surface area contributed by atoms with Gasteiger partial charge in [-0.15, -0.1) is 0 Å². The zero-order valence-corrected chi connectivity index (χ0v) is 17.9. The maximum Gasteiger partial charge on any atom is 0.248 e. The number of nitrogens with zero attached hydrogens (tertiary/aromatic N) is 1. The van der Waals surface area contributed by atoms with E-state index in [2.05, 4.69) is 5.32 Å². The molecule has 9 heteroatoms. The smallest absolute Gasteiger partial charge is 0.248 e. The molecule has 152 valence electrons. The Hall–Kier alpha value is -2.45. The summed E-state index contributed by atoms with van der Waals surface area (Å²) in [5.41, 5.74) is 1.52. The summed E-state index contributed by atoms with van der Waals surface area (Å²) in [5, 5.41) is 3.29. The molecule has 0 fully saturated rings. The quantitative estimate of drug-likeness (QED) is 0.732. The van der Waals surface area contributed by atoms with Crippen LogP contribution in [0.25, 0.3) is 0 Å². The fourth-order valence-corrected chi connectivity index (χ4v) is 4.15. The molecule has 0 saturated heterocycles. The number of carbonyl (C=O) groups is 1. The second-order valence-corrected chi connectivity index (χ2v) is 8.52. The van der Waals surface area contributed by atoms with Crippen LogP contribution in [-0.2, 0) is 14.8 Å². The van der Waals surface area contributed by atoms with Crippen molar-refractivity contribution in [1.82, 2.24) is 0 Å². The predicted molar refractivity (Wildman–Crippen MR) is 111 cm³/mol. The highest BCUT2D eigenvalue weighted by molar-refractivity contribution is 7.92. The zero-order valence-electron chi connectivity index (χ0n) is 16.3. The molecule has 0 aliphatic carbocycles. The largest absolute Gasteiger partial charge is 0.497 e. The minimum Gasteiger partial charge on any atom is -0.497 e. The Balaban J connectivity index is 2.45. The maximum absolute atomic E-state index is 12.8. The van der Waals surface area contributed by atoms with Crippen LogP contribution in [-0.4, -0.2) is 40.8 Å². The van der Waals surface area contributed by atoms with Crippen LogP contribution in [0.5, 0.6) is 11.5 Å². The SMILES string of the molecule is COc1ccc(OC)c(N([C@H](C)C(=O)Nc2ccc(Cl)cc2C)S(C)(=O)=O)c1. The molecule has 0 saturated carbocycles. The number of amides is 1. The predicted octanol–water partition coefficient (Wildman–Crippen LogP) is 3.46. The minimum absolute atomic E-state index is 0.208. The molecule has 7 nitrogen and oxygen atoms in total. The Morgan fingerprint density at radius 3 is 2.36 bits per heavy atom. The molecule has 2 aromatic carbocycles. The van der Waals surface area contributed by atoms with Crippen LogP contribution in [0.4, 0.5) is 11.4 Å². The first-order valence-electron chi connectivity index (χ1n) is 8.37. The van der Waals surface area contributed by atoms with Gasteiger partial charge >= 0.3 is 0 Å². The minimum atomic E-state index is -3.81. The van der Waals surface area contributed by atoms with Crippen molar-refractivity contribution < 1.29 is 22.7 Å². The molecule has 1 atom stereocenters. The van der Waals surface area contributed by atoms with E-state index in [-0.39, 0.29) is 5.69 Å². The molecule has 0 aromatic heterocycles. The van der Waals surface area contributed by atoms with Crippen molar-refractivity contribution in [2.75, 3.05) is 30.1 Å². The first-order valence-corrected chi connectivity index (χ1v) is 10.6. The summed E-state index contributed by atoms with van der Waals surface area (Å²) in [6, 6.07) is 8.71. The highest BCUT2D eigenvalue weighted by Gasteiger charge is 2.32. The van der Waals surface area contributed by atoms with Crippen LogP contribution in [0, 0.1) is 6.92 Å². The number of anilines is 2. The molecule has 0 heterocycles. The Bertz CT molecular complexity index is 978. The monoisotopic (exact) mass is 426 g/mol. The van der Waals surface area contributed by atoms with Gasteiger partial charge in [-0.1, -0.05) is 11.6 Å². The molecule has 0 bridgehead atoms. The summed E-state index contributed by atoms with van der Waals surface area (Å²) in [4.78, 5) is 12.8. The highest BCUT2D eigenvalue weighted by atomic mass is 35.5. The summed E-state index contributed by atoms with van der Waals surface area (Å²) in [5.74, 6) is 0.236. The van der Waals surface area contributed by atoms with Crippen molar-refractivity contribution in [2.24, 2.45) is 0 Å². The van der Waals surface area contributed by atoms with Gasteiger partial charge in [0.05, 0.1) is 26.2 Å². The lowest BCUT2D eigenvalue weighted by Gasteiger charge is -2.29. The van der Waals surface area contributed by atoms with Gasteiger partial charge in [0.2, 0.25) is 15.9 Å². The third-order valence-corrected chi connectivity index (χ3v) is 5.62. The average Bonchev–Trinajstić information content (AvgIpc) is 2.62. The Labute approximate surface area is 170 Å². The number of sulfonamides is 1. The van der Waals surface area contributed by atoms with E-state index in [1.807, 2.05) is 0 Å². The van der Waals surface area contributed by atoms with Gasteiger partial charge in [0.1, 0.15) is 17.5 Å². The molecule has 0 aliphatic rings. The number of hydrogen-bond acceptors (Lipinski definition) is 5. The lowest BCUT2D eigenvalue weighted by Crippen LogP contribution is -2.45. The second kappa shape index (κ2) is 8.70. The van der Waals surface area contributed by atoms with Crippen LogP contribution in [0.1, 0.15) is 12.5 Å². The van der Waals surface area contributed by atoms with Gasteiger partial charge in [0.15, 0.2) is 0 Å². The van der Waals surface area contributed by atoms with E-state index in [1.54, 1.807) is 37.3 Å². The molecule has 0 radical (unpaired) electrons. The fourth-order valence-electron chi connectivity index (χ4n) is 2.75. The van der Waals surface area contributed by atoms with Crippen LogP contribution < -0.4 is 19.1 Å². The molecule has 1 N–H and O–H groups in total. The molecule has 2 rings (SSSR count). The van der Waals surface area contributed by atoms with Crippen molar-refractivity contribution in [3.05, 3.63) is 47.0 Å². The van der Waals surface area contributed by atoms with Gasteiger partial charge in [-0.2, -0.15) is 0 Å². The summed E-state index contributed by atoms with van der Waals surface area (Å²) < 4.78 is 36.6. The number of hydrogen-bond donors (Lipinski definition) is 1. The number of methoxy groups -OCH3 is 2. The summed E-state index contributed by atoms with van der Waals surface area (Å²) in [6.07, 6.45) is 1.03. The average molecular weight is 427 g/mol. The van der Waals surface area contributed by atoms with Gasteiger partial charge in [-0.3, -0.25) is 9.10 Å². The zero-order chi connectivity index (χ0) is 21.1. The molecular formula is C19H23ClN2O5S. The molecule has 1 amide bonds. The van der Waals surface area contributed by atoms with Gasteiger partial charge in [-0.05, 0) is 49.7 Å². The van der Waals surface area contributed by atoms with E-state index < -0.39 is 22.0 Å². The van der Waals surface area contributed by atoms with E-state index in [4.69, 9.17) is 21.1 Å². The topological polar surface area (TPSA) is 84.9 Å². The number of benzene rings is 2. The molecule has 28 heavy (non-hydrogen) atoms. The first kappa shape index (κ1) is 21.8. The normalized spacial score (nSPS) is 12.2. The third kappa shape index (κ3) is 4.88. The van der Waals surface area contributed by atoms with Crippen molar-refractivity contribution in [2.45, 2.75) is 19.9 Å². The third-order valence-electron chi connectivity index (χ3n) is 4.16. The van der Waals surface area contributed by atoms with E-state index in [0.717, 1.165) is 16.1 Å². The van der Waals surface area contributed by atoms with Crippen molar-refractivity contribution >= 4 is 38.9 Å². The standard InChI is InChI=1S/C19H23ClN2O5S/c1-12-10-14(20)6-8-16(12)21-19(23)13(2)22(28(5,24)25)17-11-15(26-3)7-9-18(17)27-4/h6-11,13H,1-5H3,(H,21,23)/t13-/m1/s1. The van der Waals surface area contributed by atoms with Crippen molar-refractivity contribution in [1.29, 1.82) is 0 Å². The van der Waals surface area contributed by atoms with E-state index in [9.17, 15) is 13.2 Å². The molecular weight excluding hydrogens is 404 g/mol. The number of carbonyl (C=O) groups excluding carboxylic acids is 1. The van der Waals surface area contributed by atoms with E-state index in [0.29, 0.717) is 22.2 Å². The van der Waals surface area contributed by atoms with Crippen molar-refractivity contribution in [3.8, 4) is 11.5 Å². The van der Waals surface area contributed by atoms with Crippen LogP contribution in [0.2, 0.25) is 5.02 Å². The Morgan fingerprint density at radius 2 is 1.82 bits per heavy atom. The number of ether oxygens (including phenoxy) is 2. The molecule has 0 unspecified atom stereocenters. The molecule has 2 aromatic rings. The van der Waals surface area contributed by atoms with Crippen LogP contribution >= 0.6 is 11.6 Å². The Morgan fingerprint density at radius 1 is 1.14 bits per heavy atom. The molecule has 0 spiro atoms. The summed E-state index contributed by atoms with van der Waals surface area (Å²) in [6.45, 7) is 3.30. The number of rotatable bonds is 7. The fraction of sp³-hybridized carbons (Fsp3) is 0.316. The number of halogens is 1. The van der Waals surface area contributed by atoms with E-state index in [1.165, 1.54) is 27.2 Å². The summed E-state index contributed by atoms with van der Waals surface area (Å²) in [7, 11) is -0.921. The Kier molecular flexibility index (Phi) is 6.79. The number of aryl methyl sites for hydroxylation is 1. The first-order chi connectivity index (χ1) is 13.1. The maximum atomic E-state index is 12.8. The van der Waals surface area contributed by atoms with Crippen LogP contribution in [0.15, 0.2) is 36.4 Å². The second-order valence-electron chi connectivity index (χ2n) is 6.22. The van der Waals surface area contributed by atoms with Gasteiger partial charge in [0, 0.05) is 16.8 Å². The lowest BCUT2D eigenvalue weighted by atomic mass is 10.2. The van der Waals surface area contributed by atoms with Crippen LogP contribution in [0.3, 0.4) is 0 Å². The lowest BCUT2D eigenvalue weighted by molar-refractivity contribution is -0.116. The van der Waals surface area contributed by atoms with Crippen molar-refractivity contribution in [3.63, 3.8) is 0 Å². The van der Waals surface area contributed by atoms with Gasteiger partial charge in [0.25, 0.3) is 0 Å². The number of nitrogens with one attached hydrogen (secondary N) is 1. The highest BCUT2D eigenvalue weighted by Crippen LogP contribution is 2.35. The molecule has 0 aliphatic heterocycles. The van der Waals surface area contributed by atoms with Gasteiger partial charge in [-0.25, -0.2) is 8.42 Å². The van der Waals surface area contributed by atoms with E-state index >= 15 is 0 Å². The summed E-state index contributed by atoms with van der Waals surface area (Å²) >= 11 is 5.94.